The molecule has 19 heavy (non-hydrogen) atoms. The van der Waals surface area contributed by atoms with E-state index in [0.29, 0.717) is 0 Å². The molecule has 0 radical (unpaired) electrons. The summed E-state index contributed by atoms with van der Waals surface area (Å²) in [5.74, 6) is 0. The smallest absolute Gasteiger partial charge is 0.0840 e. The van der Waals surface area contributed by atoms with E-state index in [1.807, 2.05) is 13.0 Å². The van der Waals surface area contributed by atoms with Crippen molar-refractivity contribution in [3.63, 3.8) is 0 Å². The largest absolute Gasteiger partial charge is 0.113 e. The van der Waals surface area contributed by atoms with E-state index in [4.69, 9.17) is 23.2 Å². The zero-order valence-electron chi connectivity index (χ0n) is 11.7. The maximum Gasteiger partial charge on any atom is 0.0840 e. The van der Waals surface area contributed by atoms with Crippen molar-refractivity contribution in [2.75, 3.05) is 0 Å². The zero-order valence-corrected chi connectivity index (χ0v) is 13.2. The van der Waals surface area contributed by atoms with Gasteiger partial charge in [0.1, 0.15) is 0 Å². The molecule has 0 heterocycles. The molecule has 2 heteroatoms. The highest BCUT2D eigenvalue weighted by Gasteiger charge is 2.16. The normalized spacial score (nSPS) is 12.5. The molecule has 0 aliphatic rings. The van der Waals surface area contributed by atoms with Gasteiger partial charge in [-0.25, -0.2) is 0 Å². The van der Waals surface area contributed by atoms with Crippen LogP contribution in [0.2, 0.25) is 5.02 Å². The van der Waals surface area contributed by atoms with Crippen LogP contribution in [-0.4, -0.2) is 0 Å². The maximum absolute atomic E-state index is 6.70. The van der Waals surface area contributed by atoms with Gasteiger partial charge in [-0.1, -0.05) is 41.4 Å². The molecule has 0 bridgehead atoms. The maximum atomic E-state index is 6.70. The lowest BCUT2D eigenvalue weighted by molar-refractivity contribution is 1.07. The molecule has 100 valence electrons. The summed E-state index contributed by atoms with van der Waals surface area (Å²) in [6, 6.07) is 10.5. The SMILES string of the molecule is Cc1ccc(C)c(C(Cl)c2cc(C)c(Cl)cc2C)c1. The molecule has 0 saturated carbocycles. The Labute approximate surface area is 125 Å². The van der Waals surface area contributed by atoms with Crippen molar-refractivity contribution >= 4 is 23.2 Å². The standard InChI is InChI=1S/C17H18Cl2/c1-10-5-6-11(2)14(7-10)17(19)15-8-13(4)16(18)9-12(15)3/h5-9,17H,1-4H3. The Bertz CT molecular complexity index is 615. The van der Waals surface area contributed by atoms with Gasteiger partial charge in [0.15, 0.2) is 0 Å². The van der Waals surface area contributed by atoms with Crippen LogP contribution in [0.15, 0.2) is 30.3 Å². The van der Waals surface area contributed by atoms with Gasteiger partial charge in [-0.2, -0.15) is 0 Å². The minimum absolute atomic E-state index is 0.129. The highest BCUT2D eigenvalue weighted by molar-refractivity contribution is 6.31. The predicted molar refractivity (Wildman–Crippen MR) is 84.5 cm³/mol. The molecule has 0 nitrogen and oxygen atoms in total. The van der Waals surface area contributed by atoms with Crippen LogP contribution in [0, 0.1) is 27.7 Å². The van der Waals surface area contributed by atoms with Crippen LogP contribution in [0.1, 0.15) is 38.8 Å². The van der Waals surface area contributed by atoms with Crippen LogP contribution < -0.4 is 0 Å². The van der Waals surface area contributed by atoms with E-state index in [9.17, 15) is 0 Å². The molecule has 2 rings (SSSR count). The molecule has 0 N–H and O–H groups in total. The molecule has 0 aromatic heterocycles. The second-order valence-corrected chi connectivity index (χ2v) is 6.02. The lowest BCUT2D eigenvalue weighted by atomic mass is 9.94. The first-order chi connectivity index (χ1) is 8.90. The summed E-state index contributed by atoms with van der Waals surface area (Å²) in [5, 5.41) is 0.668. The summed E-state index contributed by atoms with van der Waals surface area (Å²) in [5.41, 5.74) is 6.96. The van der Waals surface area contributed by atoms with E-state index < -0.39 is 0 Å². The highest BCUT2D eigenvalue weighted by Crippen LogP contribution is 2.35. The molecule has 2 aromatic rings. The van der Waals surface area contributed by atoms with Crippen molar-refractivity contribution in [3.05, 3.63) is 68.7 Å². The van der Waals surface area contributed by atoms with Crippen molar-refractivity contribution < 1.29 is 0 Å². The highest BCUT2D eigenvalue weighted by atomic mass is 35.5. The monoisotopic (exact) mass is 292 g/mol. The van der Waals surface area contributed by atoms with Gasteiger partial charge >= 0.3 is 0 Å². The molecular weight excluding hydrogens is 275 g/mol. The van der Waals surface area contributed by atoms with Crippen molar-refractivity contribution in [1.29, 1.82) is 0 Å². The molecule has 2 aromatic carbocycles. The number of hydrogen-bond acceptors (Lipinski definition) is 0. The Morgan fingerprint density at radius 1 is 0.789 bits per heavy atom. The molecule has 1 atom stereocenters. The Balaban J connectivity index is 2.52. The zero-order chi connectivity index (χ0) is 14.2. The fourth-order valence-electron chi connectivity index (χ4n) is 2.28. The van der Waals surface area contributed by atoms with Gasteiger partial charge in [-0.15, -0.1) is 11.6 Å². The van der Waals surface area contributed by atoms with E-state index in [1.54, 1.807) is 0 Å². The third kappa shape index (κ3) is 2.96. The van der Waals surface area contributed by atoms with Gasteiger partial charge in [-0.3, -0.25) is 0 Å². The topological polar surface area (TPSA) is 0 Å². The fourth-order valence-corrected chi connectivity index (χ4v) is 2.97. The summed E-state index contributed by atoms with van der Waals surface area (Å²) >= 11 is 12.8. The number of hydrogen-bond donors (Lipinski definition) is 0. The van der Waals surface area contributed by atoms with Crippen LogP contribution in [0.4, 0.5) is 0 Å². The Hall–Kier alpha value is -0.980. The molecule has 1 unspecified atom stereocenters. The quantitative estimate of drug-likeness (QED) is 0.604. The predicted octanol–water partition coefficient (Wildman–Crippen LogP) is 5.90. The average molecular weight is 293 g/mol. The first-order valence-corrected chi connectivity index (χ1v) is 7.19. The molecular formula is C17H18Cl2. The van der Waals surface area contributed by atoms with Crippen molar-refractivity contribution in [2.24, 2.45) is 0 Å². The second-order valence-electron chi connectivity index (χ2n) is 5.18. The van der Waals surface area contributed by atoms with Gasteiger partial charge in [-0.05, 0) is 61.6 Å². The van der Waals surface area contributed by atoms with E-state index in [2.05, 4.69) is 45.0 Å². The average Bonchev–Trinajstić information content (AvgIpc) is 2.36. The van der Waals surface area contributed by atoms with Crippen LogP contribution in [-0.2, 0) is 0 Å². The number of benzene rings is 2. The van der Waals surface area contributed by atoms with E-state index in [1.165, 1.54) is 16.7 Å². The van der Waals surface area contributed by atoms with Crippen molar-refractivity contribution in [1.82, 2.24) is 0 Å². The van der Waals surface area contributed by atoms with Gasteiger partial charge in [0.05, 0.1) is 5.38 Å². The minimum Gasteiger partial charge on any atom is -0.113 e. The van der Waals surface area contributed by atoms with Crippen LogP contribution in [0.5, 0.6) is 0 Å². The summed E-state index contributed by atoms with van der Waals surface area (Å²) in [6.07, 6.45) is 0. The Morgan fingerprint density at radius 2 is 1.42 bits per heavy atom. The van der Waals surface area contributed by atoms with Gasteiger partial charge < -0.3 is 0 Å². The summed E-state index contributed by atoms with van der Waals surface area (Å²) in [4.78, 5) is 0. The summed E-state index contributed by atoms with van der Waals surface area (Å²) in [6.45, 7) is 8.26. The van der Waals surface area contributed by atoms with Gasteiger partial charge in [0.25, 0.3) is 0 Å². The molecule has 0 fully saturated rings. The summed E-state index contributed by atoms with van der Waals surface area (Å²) < 4.78 is 0. The van der Waals surface area contributed by atoms with Crippen LogP contribution in [0.25, 0.3) is 0 Å². The molecule has 0 saturated heterocycles. The minimum atomic E-state index is -0.129. The molecule has 0 aliphatic heterocycles. The Morgan fingerprint density at radius 3 is 2.11 bits per heavy atom. The molecule has 0 spiro atoms. The van der Waals surface area contributed by atoms with Crippen LogP contribution >= 0.6 is 23.2 Å². The number of rotatable bonds is 2. The van der Waals surface area contributed by atoms with Crippen molar-refractivity contribution in [2.45, 2.75) is 33.1 Å². The van der Waals surface area contributed by atoms with Gasteiger partial charge in [0, 0.05) is 5.02 Å². The lowest BCUT2D eigenvalue weighted by Crippen LogP contribution is -2.00. The van der Waals surface area contributed by atoms with E-state index in [-0.39, 0.29) is 5.38 Å². The first-order valence-electron chi connectivity index (χ1n) is 6.38. The van der Waals surface area contributed by atoms with E-state index >= 15 is 0 Å². The van der Waals surface area contributed by atoms with Crippen molar-refractivity contribution in [3.8, 4) is 0 Å². The molecule has 0 amide bonds. The summed E-state index contributed by atoms with van der Waals surface area (Å²) in [7, 11) is 0. The fraction of sp³-hybridized carbons (Fsp3) is 0.294. The van der Waals surface area contributed by atoms with Crippen LogP contribution in [0.3, 0.4) is 0 Å². The van der Waals surface area contributed by atoms with E-state index in [0.717, 1.165) is 21.7 Å². The third-order valence-corrected chi connectivity index (χ3v) is 4.41. The first kappa shape index (κ1) is 14.4. The molecule has 0 aliphatic carbocycles. The third-order valence-electron chi connectivity index (χ3n) is 3.53. The number of halogens is 2. The second kappa shape index (κ2) is 5.56. The van der Waals surface area contributed by atoms with Gasteiger partial charge in [0.2, 0.25) is 0 Å². The Kier molecular flexibility index (Phi) is 4.23. The lowest BCUT2D eigenvalue weighted by Gasteiger charge is -2.17. The number of alkyl halides is 1. The number of aryl methyl sites for hydroxylation is 4.